The Morgan fingerprint density at radius 2 is 1.78 bits per heavy atom. The second-order valence-corrected chi connectivity index (χ2v) is 6.30. The molecule has 0 aliphatic carbocycles. The molecule has 0 saturated carbocycles. The van der Waals surface area contributed by atoms with Gasteiger partial charge in [0.15, 0.2) is 11.6 Å². The predicted molar refractivity (Wildman–Crippen MR) is 71.2 cm³/mol. The van der Waals surface area contributed by atoms with Crippen molar-refractivity contribution in [3.8, 4) is 0 Å². The van der Waals surface area contributed by atoms with Gasteiger partial charge in [-0.3, -0.25) is 4.72 Å². The third-order valence-electron chi connectivity index (χ3n) is 2.87. The zero-order valence-corrected chi connectivity index (χ0v) is 11.3. The molecule has 1 fully saturated rings. The molecule has 0 amide bonds. The standard InChI is InChI=1S/C11H18N4O2S/c1-18(16,17)14-10-6-7-11(13-12-10)15-8-4-2-3-5-9-15/h6-7H,2-5,8-9H2,1H3,(H,12,14). The average molecular weight is 270 g/mol. The summed E-state index contributed by atoms with van der Waals surface area (Å²) in [5, 5.41) is 7.97. The molecule has 1 saturated heterocycles. The minimum atomic E-state index is -3.29. The van der Waals surface area contributed by atoms with Gasteiger partial charge in [-0.05, 0) is 25.0 Å². The Kier molecular flexibility index (Phi) is 4.00. The number of aromatic nitrogens is 2. The number of nitrogens with zero attached hydrogens (tertiary/aromatic N) is 3. The lowest BCUT2D eigenvalue weighted by Crippen LogP contribution is -2.25. The van der Waals surface area contributed by atoms with Crippen LogP contribution in [0.25, 0.3) is 0 Å². The number of anilines is 2. The van der Waals surface area contributed by atoms with Crippen molar-refractivity contribution in [1.29, 1.82) is 0 Å². The Hall–Kier alpha value is -1.37. The molecule has 1 aliphatic heterocycles. The van der Waals surface area contributed by atoms with Gasteiger partial charge in [-0.15, -0.1) is 10.2 Å². The summed E-state index contributed by atoms with van der Waals surface area (Å²) >= 11 is 0. The molecule has 0 aromatic carbocycles. The molecule has 1 N–H and O–H groups in total. The van der Waals surface area contributed by atoms with Crippen molar-refractivity contribution in [2.24, 2.45) is 0 Å². The van der Waals surface area contributed by atoms with E-state index in [1.165, 1.54) is 25.7 Å². The Morgan fingerprint density at radius 3 is 2.28 bits per heavy atom. The number of nitrogens with one attached hydrogen (secondary N) is 1. The molecule has 2 heterocycles. The number of sulfonamides is 1. The van der Waals surface area contributed by atoms with Crippen molar-refractivity contribution in [2.75, 3.05) is 29.0 Å². The van der Waals surface area contributed by atoms with Crippen molar-refractivity contribution < 1.29 is 8.42 Å². The first-order valence-corrected chi connectivity index (χ1v) is 8.00. The second kappa shape index (κ2) is 5.51. The zero-order chi connectivity index (χ0) is 13.0. The van der Waals surface area contributed by atoms with Gasteiger partial charge in [-0.1, -0.05) is 12.8 Å². The first-order chi connectivity index (χ1) is 8.54. The third-order valence-corrected chi connectivity index (χ3v) is 3.45. The Balaban J connectivity index is 2.06. The van der Waals surface area contributed by atoms with Gasteiger partial charge in [0.1, 0.15) is 0 Å². The molecule has 7 heteroatoms. The Morgan fingerprint density at radius 1 is 1.11 bits per heavy atom. The summed E-state index contributed by atoms with van der Waals surface area (Å²) in [5.41, 5.74) is 0. The Bertz CT molecular complexity index is 478. The van der Waals surface area contributed by atoms with E-state index in [-0.39, 0.29) is 5.82 Å². The SMILES string of the molecule is CS(=O)(=O)Nc1ccc(N2CCCCCC2)nn1. The highest BCUT2D eigenvalue weighted by Gasteiger charge is 2.12. The lowest BCUT2D eigenvalue weighted by Gasteiger charge is -2.20. The fourth-order valence-electron chi connectivity index (χ4n) is 2.04. The van der Waals surface area contributed by atoms with Crippen LogP contribution >= 0.6 is 0 Å². The van der Waals surface area contributed by atoms with E-state index in [1.807, 2.05) is 6.07 Å². The minimum Gasteiger partial charge on any atom is -0.355 e. The molecule has 1 aliphatic rings. The molecule has 1 aromatic rings. The van der Waals surface area contributed by atoms with Crippen molar-refractivity contribution >= 4 is 21.7 Å². The summed E-state index contributed by atoms with van der Waals surface area (Å²) in [6.07, 6.45) is 5.96. The van der Waals surface area contributed by atoms with Crippen LogP contribution in [-0.4, -0.2) is 38.0 Å². The summed E-state index contributed by atoms with van der Waals surface area (Å²) in [6.45, 7) is 1.99. The zero-order valence-electron chi connectivity index (χ0n) is 10.5. The largest absolute Gasteiger partial charge is 0.355 e. The maximum absolute atomic E-state index is 11.0. The fraction of sp³-hybridized carbons (Fsp3) is 0.636. The summed E-state index contributed by atoms with van der Waals surface area (Å²) < 4.78 is 24.4. The molecule has 6 nitrogen and oxygen atoms in total. The van der Waals surface area contributed by atoms with Crippen molar-refractivity contribution in [1.82, 2.24) is 10.2 Å². The van der Waals surface area contributed by atoms with E-state index in [1.54, 1.807) is 6.07 Å². The van der Waals surface area contributed by atoms with Gasteiger partial charge in [0.2, 0.25) is 10.0 Å². The van der Waals surface area contributed by atoms with Crippen LogP contribution < -0.4 is 9.62 Å². The van der Waals surface area contributed by atoms with Gasteiger partial charge in [0.05, 0.1) is 6.26 Å². The molecule has 0 radical (unpaired) electrons. The van der Waals surface area contributed by atoms with Crippen LogP contribution in [0.1, 0.15) is 25.7 Å². The molecular weight excluding hydrogens is 252 g/mol. The quantitative estimate of drug-likeness (QED) is 0.894. The van der Waals surface area contributed by atoms with Crippen molar-refractivity contribution in [3.05, 3.63) is 12.1 Å². The first kappa shape index (κ1) is 13.1. The molecule has 2 rings (SSSR count). The minimum absolute atomic E-state index is 0.260. The molecule has 100 valence electrons. The first-order valence-electron chi connectivity index (χ1n) is 6.11. The number of hydrogen-bond donors (Lipinski definition) is 1. The number of hydrogen-bond acceptors (Lipinski definition) is 5. The smallest absolute Gasteiger partial charge is 0.231 e. The molecule has 0 bridgehead atoms. The highest BCUT2D eigenvalue weighted by atomic mass is 32.2. The van der Waals surface area contributed by atoms with Crippen molar-refractivity contribution in [2.45, 2.75) is 25.7 Å². The van der Waals surface area contributed by atoms with Crippen LogP contribution in [0, 0.1) is 0 Å². The topological polar surface area (TPSA) is 75.2 Å². The van der Waals surface area contributed by atoms with E-state index in [2.05, 4.69) is 19.8 Å². The van der Waals surface area contributed by atoms with Crippen molar-refractivity contribution in [3.63, 3.8) is 0 Å². The van der Waals surface area contributed by atoms with Gasteiger partial charge < -0.3 is 4.90 Å². The monoisotopic (exact) mass is 270 g/mol. The van der Waals surface area contributed by atoms with E-state index < -0.39 is 10.0 Å². The van der Waals surface area contributed by atoms with Crippen LogP contribution in [0.2, 0.25) is 0 Å². The summed E-state index contributed by atoms with van der Waals surface area (Å²) in [4.78, 5) is 2.20. The van der Waals surface area contributed by atoms with Crippen LogP contribution in [0.3, 0.4) is 0 Å². The average Bonchev–Trinajstić information content (AvgIpc) is 2.56. The second-order valence-electron chi connectivity index (χ2n) is 4.55. The van der Waals surface area contributed by atoms with E-state index in [4.69, 9.17) is 0 Å². The van der Waals surface area contributed by atoms with E-state index in [0.29, 0.717) is 0 Å². The lowest BCUT2D eigenvalue weighted by atomic mass is 10.2. The summed E-state index contributed by atoms with van der Waals surface area (Å²) in [7, 11) is -3.29. The van der Waals surface area contributed by atoms with Gasteiger partial charge in [0, 0.05) is 13.1 Å². The van der Waals surface area contributed by atoms with Gasteiger partial charge in [-0.2, -0.15) is 0 Å². The summed E-state index contributed by atoms with van der Waals surface area (Å²) in [5.74, 6) is 1.08. The lowest BCUT2D eigenvalue weighted by molar-refractivity contribution is 0.606. The molecule has 18 heavy (non-hydrogen) atoms. The molecule has 0 unspecified atom stereocenters. The third kappa shape index (κ3) is 3.83. The van der Waals surface area contributed by atoms with E-state index in [9.17, 15) is 8.42 Å². The molecule has 0 atom stereocenters. The Labute approximate surface area is 107 Å². The van der Waals surface area contributed by atoms with Gasteiger partial charge >= 0.3 is 0 Å². The molecule has 1 aromatic heterocycles. The van der Waals surface area contributed by atoms with Gasteiger partial charge in [-0.25, -0.2) is 8.42 Å². The van der Waals surface area contributed by atoms with Crippen LogP contribution in [-0.2, 0) is 10.0 Å². The predicted octanol–water partition coefficient (Wildman–Crippen LogP) is 1.23. The van der Waals surface area contributed by atoms with Gasteiger partial charge in [0.25, 0.3) is 0 Å². The van der Waals surface area contributed by atoms with Crippen LogP contribution in [0.4, 0.5) is 11.6 Å². The highest BCUT2D eigenvalue weighted by Crippen LogP contribution is 2.17. The van der Waals surface area contributed by atoms with E-state index >= 15 is 0 Å². The molecular formula is C11H18N4O2S. The maximum Gasteiger partial charge on any atom is 0.231 e. The number of rotatable bonds is 3. The fourth-order valence-corrected chi connectivity index (χ4v) is 2.53. The summed E-state index contributed by atoms with van der Waals surface area (Å²) in [6, 6.07) is 3.46. The maximum atomic E-state index is 11.0. The van der Waals surface area contributed by atoms with Crippen LogP contribution in [0.15, 0.2) is 12.1 Å². The van der Waals surface area contributed by atoms with E-state index in [0.717, 1.165) is 25.2 Å². The normalized spacial score (nSPS) is 17.3. The molecule has 0 spiro atoms. The van der Waals surface area contributed by atoms with Crippen LogP contribution in [0.5, 0.6) is 0 Å². The highest BCUT2D eigenvalue weighted by molar-refractivity contribution is 7.92.